The molecule has 21 heavy (non-hydrogen) atoms. The van der Waals surface area contributed by atoms with Crippen molar-refractivity contribution in [3.63, 3.8) is 0 Å². The van der Waals surface area contributed by atoms with Gasteiger partial charge in [-0.15, -0.1) is 0 Å². The molecule has 3 rings (SSSR count). The molecule has 0 radical (unpaired) electrons. The zero-order chi connectivity index (χ0) is 14.8. The lowest BCUT2D eigenvalue weighted by atomic mass is 10.1. The van der Waals surface area contributed by atoms with E-state index in [4.69, 9.17) is 9.47 Å². The summed E-state index contributed by atoms with van der Waals surface area (Å²) in [7, 11) is 0. The summed E-state index contributed by atoms with van der Waals surface area (Å²) in [6.45, 7) is 4.24. The van der Waals surface area contributed by atoms with Gasteiger partial charge in [-0.3, -0.25) is 0 Å². The van der Waals surface area contributed by atoms with Crippen molar-refractivity contribution in [2.45, 2.75) is 32.5 Å². The summed E-state index contributed by atoms with van der Waals surface area (Å²) >= 11 is 0. The van der Waals surface area contributed by atoms with E-state index < -0.39 is 6.10 Å². The standard InChI is InChI=1S/C18H20O3/c1-12-7-8-18(16(9-12)13(2)19)20-11-15-10-14-5-3-4-6-17(14)21-15/h3-9,13,15,19H,10-11H2,1-2H3/t13-,15?/m0/s1. The average molecular weight is 284 g/mol. The van der Waals surface area contributed by atoms with Gasteiger partial charge in [-0.05, 0) is 37.6 Å². The van der Waals surface area contributed by atoms with Crippen LogP contribution in [0.5, 0.6) is 11.5 Å². The Balaban J connectivity index is 1.67. The van der Waals surface area contributed by atoms with Gasteiger partial charge >= 0.3 is 0 Å². The monoisotopic (exact) mass is 284 g/mol. The molecule has 2 atom stereocenters. The predicted octanol–water partition coefficient (Wildman–Crippen LogP) is 3.43. The Labute approximate surface area is 125 Å². The molecule has 2 aromatic carbocycles. The second-order valence-corrected chi connectivity index (χ2v) is 5.58. The van der Waals surface area contributed by atoms with Crippen molar-refractivity contribution in [1.82, 2.24) is 0 Å². The van der Waals surface area contributed by atoms with Gasteiger partial charge in [-0.25, -0.2) is 0 Å². The van der Waals surface area contributed by atoms with E-state index in [1.165, 1.54) is 5.56 Å². The molecule has 0 spiro atoms. The van der Waals surface area contributed by atoms with E-state index in [1.54, 1.807) is 6.92 Å². The van der Waals surface area contributed by atoms with Crippen LogP contribution < -0.4 is 9.47 Å². The summed E-state index contributed by atoms with van der Waals surface area (Å²) in [6, 6.07) is 13.9. The summed E-state index contributed by atoms with van der Waals surface area (Å²) in [5.41, 5.74) is 3.17. The molecule has 1 aliphatic rings. The van der Waals surface area contributed by atoms with E-state index in [0.29, 0.717) is 6.61 Å². The van der Waals surface area contributed by atoms with E-state index in [0.717, 1.165) is 29.0 Å². The third-order valence-corrected chi connectivity index (χ3v) is 3.75. The maximum Gasteiger partial charge on any atom is 0.137 e. The minimum atomic E-state index is -0.540. The fourth-order valence-corrected chi connectivity index (χ4v) is 2.66. The molecular formula is C18H20O3. The number of hydrogen-bond acceptors (Lipinski definition) is 3. The summed E-state index contributed by atoms with van der Waals surface area (Å²) in [6.07, 6.45) is 0.360. The minimum absolute atomic E-state index is 0.0329. The van der Waals surface area contributed by atoms with Crippen LogP contribution in [0.25, 0.3) is 0 Å². The predicted molar refractivity (Wildman–Crippen MR) is 81.9 cm³/mol. The highest BCUT2D eigenvalue weighted by Crippen LogP contribution is 2.30. The maximum absolute atomic E-state index is 9.85. The third-order valence-electron chi connectivity index (χ3n) is 3.75. The lowest BCUT2D eigenvalue weighted by Gasteiger charge is -2.17. The van der Waals surface area contributed by atoms with E-state index in [-0.39, 0.29) is 6.10 Å². The van der Waals surface area contributed by atoms with E-state index in [2.05, 4.69) is 6.07 Å². The Morgan fingerprint density at radius 2 is 2.10 bits per heavy atom. The highest BCUT2D eigenvalue weighted by molar-refractivity contribution is 5.39. The number of para-hydroxylation sites is 1. The molecule has 0 bridgehead atoms. The number of hydrogen-bond donors (Lipinski definition) is 1. The largest absolute Gasteiger partial charge is 0.489 e. The summed E-state index contributed by atoms with van der Waals surface area (Å²) in [5.74, 6) is 1.68. The van der Waals surface area contributed by atoms with Crippen molar-refractivity contribution >= 4 is 0 Å². The van der Waals surface area contributed by atoms with Gasteiger partial charge in [0.1, 0.15) is 24.2 Å². The Morgan fingerprint density at radius 3 is 2.86 bits per heavy atom. The van der Waals surface area contributed by atoms with Gasteiger partial charge < -0.3 is 14.6 Å². The first-order valence-electron chi connectivity index (χ1n) is 7.29. The van der Waals surface area contributed by atoms with E-state index >= 15 is 0 Å². The molecule has 1 aliphatic heterocycles. The first-order chi connectivity index (χ1) is 10.1. The zero-order valence-electron chi connectivity index (χ0n) is 12.4. The maximum atomic E-state index is 9.85. The molecule has 110 valence electrons. The van der Waals surface area contributed by atoms with Gasteiger partial charge in [-0.1, -0.05) is 29.8 Å². The molecule has 0 saturated carbocycles. The molecular weight excluding hydrogens is 264 g/mol. The highest BCUT2D eigenvalue weighted by Gasteiger charge is 2.23. The van der Waals surface area contributed by atoms with Gasteiger partial charge in [0.05, 0.1) is 6.10 Å². The van der Waals surface area contributed by atoms with Crippen molar-refractivity contribution in [3.8, 4) is 11.5 Å². The van der Waals surface area contributed by atoms with Crippen molar-refractivity contribution in [2.24, 2.45) is 0 Å². The van der Waals surface area contributed by atoms with Crippen molar-refractivity contribution in [1.29, 1.82) is 0 Å². The summed E-state index contributed by atoms with van der Waals surface area (Å²) in [5, 5.41) is 9.85. The highest BCUT2D eigenvalue weighted by atomic mass is 16.5. The van der Waals surface area contributed by atoms with Gasteiger partial charge in [0.15, 0.2) is 0 Å². The number of rotatable bonds is 4. The van der Waals surface area contributed by atoms with Crippen LogP contribution in [-0.2, 0) is 6.42 Å². The molecule has 3 nitrogen and oxygen atoms in total. The van der Waals surface area contributed by atoms with Crippen LogP contribution in [0, 0.1) is 6.92 Å². The Morgan fingerprint density at radius 1 is 1.29 bits per heavy atom. The molecule has 0 fully saturated rings. The van der Waals surface area contributed by atoms with Crippen LogP contribution in [0.15, 0.2) is 42.5 Å². The second kappa shape index (κ2) is 5.78. The number of benzene rings is 2. The zero-order valence-corrected chi connectivity index (χ0v) is 12.4. The molecule has 2 aromatic rings. The first kappa shape index (κ1) is 14.0. The summed E-state index contributed by atoms with van der Waals surface area (Å²) < 4.78 is 11.7. The fourth-order valence-electron chi connectivity index (χ4n) is 2.66. The molecule has 3 heteroatoms. The number of fused-ring (bicyclic) bond motifs is 1. The number of ether oxygens (including phenoxy) is 2. The molecule has 0 aliphatic carbocycles. The molecule has 1 N–H and O–H groups in total. The van der Waals surface area contributed by atoms with Crippen LogP contribution in [0.3, 0.4) is 0 Å². The third kappa shape index (κ3) is 3.03. The first-order valence-corrected chi connectivity index (χ1v) is 7.29. The second-order valence-electron chi connectivity index (χ2n) is 5.58. The number of aliphatic hydroxyl groups excluding tert-OH is 1. The lowest BCUT2D eigenvalue weighted by Crippen LogP contribution is -2.22. The van der Waals surface area contributed by atoms with Crippen molar-refractivity contribution in [2.75, 3.05) is 6.61 Å². The van der Waals surface area contributed by atoms with Gasteiger partial charge in [0.2, 0.25) is 0 Å². The van der Waals surface area contributed by atoms with Crippen LogP contribution in [0.2, 0.25) is 0 Å². The van der Waals surface area contributed by atoms with Crippen LogP contribution >= 0.6 is 0 Å². The number of aryl methyl sites for hydroxylation is 1. The number of aliphatic hydroxyl groups is 1. The Hall–Kier alpha value is -2.00. The van der Waals surface area contributed by atoms with Crippen LogP contribution in [-0.4, -0.2) is 17.8 Å². The quantitative estimate of drug-likeness (QED) is 0.935. The smallest absolute Gasteiger partial charge is 0.137 e. The molecule has 0 aromatic heterocycles. The van der Waals surface area contributed by atoms with Gasteiger partial charge in [0.25, 0.3) is 0 Å². The van der Waals surface area contributed by atoms with Crippen LogP contribution in [0.4, 0.5) is 0 Å². The SMILES string of the molecule is Cc1ccc(OCC2Cc3ccccc3O2)c([C@H](C)O)c1. The molecule has 1 unspecified atom stereocenters. The van der Waals surface area contributed by atoms with Gasteiger partial charge in [0, 0.05) is 12.0 Å². The van der Waals surface area contributed by atoms with Crippen molar-refractivity contribution < 1.29 is 14.6 Å². The Kier molecular flexibility index (Phi) is 3.84. The minimum Gasteiger partial charge on any atom is -0.489 e. The average Bonchev–Trinajstić information content (AvgIpc) is 2.88. The van der Waals surface area contributed by atoms with E-state index in [1.807, 2.05) is 43.3 Å². The van der Waals surface area contributed by atoms with Crippen molar-refractivity contribution in [3.05, 3.63) is 59.2 Å². The normalized spacial score (nSPS) is 18.0. The molecule has 0 amide bonds. The van der Waals surface area contributed by atoms with Gasteiger partial charge in [-0.2, -0.15) is 0 Å². The molecule has 1 heterocycles. The fraction of sp³-hybridized carbons (Fsp3) is 0.333. The topological polar surface area (TPSA) is 38.7 Å². The van der Waals surface area contributed by atoms with E-state index in [9.17, 15) is 5.11 Å². The van der Waals surface area contributed by atoms with Crippen LogP contribution in [0.1, 0.15) is 29.7 Å². The molecule has 0 saturated heterocycles. The summed E-state index contributed by atoms with van der Waals surface area (Å²) in [4.78, 5) is 0. The Bertz CT molecular complexity index is 609. The lowest BCUT2D eigenvalue weighted by molar-refractivity contribution is 0.141.